The van der Waals surface area contributed by atoms with Crippen LogP contribution in [0.15, 0.2) is 42.7 Å². The topological polar surface area (TPSA) is 43.8 Å². The third-order valence-corrected chi connectivity index (χ3v) is 4.73. The highest BCUT2D eigenvalue weighted by atomic mass is 15.3. The van der Waals surface area contributed by atoms with Crippen LogP contribution in [0.1, 0.15) is 50.6 Å². The zero-order valence-electron chi connectivity index (χ0n) is 12.1. The molecule has 20 heavy (non-hydrogen) atoms. The maximum atomic E-state index is 6.54. The lowest BCUT2D eigenvalue weighted by Gasteiger charge is -2.38. The van der Waals surface area contributed by atoms with E-state index < -0.39 is 0 Å². The number of hydrogen-bond donors (Lipinski definition) is 1. The first kappa shape index (κ1) is 13.4. The Bertz CT molecular complexity index is 553. The monoisotopic (exact) mass is 269 g/mol. The van der Waals surface area contributed by atoms with Crippen molar-refractivity contribution in [3.63, 3.8) is 0 Å². The number of hydrogen-bond acceptors (Lipinski definition) is 2. The summed E-state index contributed by atoms with van der Waals surface area (Å²) in [6.07, 6.45) is 10.4. The molecule has 3 nitrogen and oxygen atoms in total. The molecule has 1 aliphatic carbocycles. The Hall–Kier alpha value is -1.61. The van der Waals surface area contributed by atoms with Gasteiger partial charge in [-0.05, 0) is 30.4 Å². The second kappa shape index (κ2) is 5.41. The van der Waals surface area contributed by atoms with Gasteiger partial charge in [-0.15, -0.1) is 0 Å². The van der Waals surface area contributed by atoms with Gasteiger partial charge in [0.2, 0.25) is 0 Å². The molecule has 0 amide bonds. The summed E-state index contributed by atoms with van der Waals surface area (Å²) in [5.41, 5.74) is 9.00. The first-order valence-electron chi connectivity index (χ1n) is 7.55. The van der Waals surface area contributed by atoms with E-state index >= 15 is 0 Å². The van der Waals surface area contributed by atoms with Crippen LogP contribution in [0.2, 0.25) is 0 Å². The van der Waals surface area contributed by atoms with Gasteiger partial charge in [0.15, 0.2) is 0 Å². The lowest BCUT2D eigenvalue weighted by Crippen LogP contribution is -2.33. The third-order valence-electron chi connectivity index (χ3n) is 4.73. The number of rotatable bonds is 3. The highest BCUT2D eigenvalue weighted by Crippen LogP contribution is 2.44. The minimum atomic E-state index is 0.0836. The van der Waals surface area contributed by atoms with Crippen molar-refractivity contribution < 1.29 is 0 Å². The summed E-state index contributed by atoms with van der Waals surface area (Å²) >= 11 is 0. The van der Waals surface area contributed by atoms with Gasteiger partial charge in [-0.1, -0.05) is 44.4 Å². The van der Waals surface area contributed by atoms with Crippen molar-refractivity contribution in [1.29, 1.82) is 0 Å². The molecule has 1 aromatic heterocycles. The largest absolute Gasteiger partial charge is 0.323 e. The second-order valence-electron chi connectivity index (χ2n) is 6.25. The first-order valence-corrected chi connectivity index (χ1v) is 7.55. The molecule has 3 heteroatoms. The van der Waals surface area contributed by atoms with Gasteiger partial charge in [0.1, 0.15) is 0 Å². The summed E-state index contributed by atoms with van der Waals surface area (Å²) in [5, 5.41) is 4.47. The van der Waals surface area contributed by atoms with Gasteiger partial charge in [-0.3, -0.25) is 0 Å². The summed E-state index contributed by atoms with van der Waals surface area (Å²) in [4.78, 5) is 0. The van der Waals surface area contributed by atoms with E-state index in [2.05, 4.69) is 30.4 Å². The average Bonchev–Trinajstić information content (AvgIpc) is 2.98. The molecule has 0 radical (unpaired) electrons. The zero-order chi connectivity index (χ0) is 14.0. The number of benzene rings is 1. The fourth-order valence-electron chi connectivity index (χ4n) is 3.29. The standard InChI is InChI=1S/C17H23N3/c1-17(10-6-3-7-11-17)16(18)14-12-19-20(13-14)15-8-4-2-5-9-15/h2,4-5,8-9,12-13,16H,3,6-7,10-11,18H2,1H3. The highest BCUT2D eigenvalue weighted by molar-refractivity contribution is 5.31. The average molecular weight is 269 g/mol. The first-order chi connectivity index (χ1) is 9.69. The van der Waals surface area contributed by atoms with Gasteiger partial charge >= 0.3 is 0 Å². The van der Waals surface area contributed by atoms with E-state index in [4.69, 9.17) is 5.73 Å². The van der Waals surface area contributed by atoms with Crippen LogP contribution in [0, 0.1) is 5.41 Å². The van der Waals surface area contributed by atoms with E-state index in [-0.39, 0.29) is 11.5 Å². The summed E-state index contributed by atoms with van der Waals surface area (Å²) in [6, 6.07) is 10.3. The Morgan fingerprint density at radius 1 is 1.15 bits per heavy atom. The van der Waals surface area contributed by atoms with E-state index in [1.165, 1.54) is 32.1 Å². The number of para-hydroxylation sites is 1. The number of nitrogens with two attached hydrogens (primary N) is 1. The molecular weight excluding hydrogens is 246 g/mol. The van der Waals surface area contributed by atoms with Crippen LogP contribution in [-0.2, 0) is 0 Å². The van der Waals surface area contributed by atoms with Crippen LogP contribution in [0.4, 0.5) is 0 Å². The predicted molar refractivity (Wildman–Crippen MR) is 81.7 cm³/mol. The Morgan fingerprint density at radius 2 is 1.85 bits per heavy atom. The molecule has 2 aromatic rings. The molecule has 106 valence electrons. The summed E-state index contributed by atoms with van der Waals surface area (Å²) in [7, 11) is 0. The van der Waals surface area contributed by atoms with Crippen LogP contribution in [-0.4, -0.2) is 9.78 Å². The van der Waals surface area contributed by atoms with E-state index in [1.54, 1.807) is 0 Å². The molecule has 1 aromatic carbocycles. The van der Waals surface area contributed by atoms with Gasteiger partial charge in [0, 0.05) is 17.8 Å². The molecule has 0 bridgehead atoms. The van der Waals surface area contributed by atoms with Crippen LogP contribution in [0.25, 0.3) is 5.69 Å². The molecule has 1 aliphatic rings. The van der Waals surface area contributed by atoms with Crippen LogP contribution in [0.5, 0.6) is 0 Å². The van der Waals surface area contributed by atoms with Gasteiger partial charge < -0.3 is 5.73 Å². The maximum absolute atomic E-state index is 6.54. The SMILES string of the molecule is CC1(C(N)c2cnn(-c3ccccc3)c2)CCCCC1. The highest BCUT2D eigenvalue weighted by Gasteiger charge is 2.34. The van der Waals surface area contributed by atoms with Crippen molar-refractivity contribution in [3.8, 4) is 5.69 Å². The van der Waals surface area contributed by atoms with Crippen molar-refractivity contribution >= 4 is 0 Å². The summed E-state index contributed by atoms with van der Waals surface area (Å²) < 4.78 is 1.92. The van der Waals surface area contributed by atoms with Crippen molar-refractivity contribution in [1.82, 2.24) is 9.78 Å². The minimum Gasteiger partial charge on any atom is -0.323 e. The van der Waals surface area contributed by atoms with Crippen molar-refractivity contribution in [3.05, 3.63) is 48.3 Å². The predicted octanol–water partition coefficient (Wildman–Crippen LogP) is 3.84. The lowest BCUT2D eigenvalue weighted by molar-refractivity contribution is 0.170. The Morgan fingerprint density at radius 3 is 2.55 bits per heavy atom. The lowest BCUT2D eigenvalue weighted by atomic mass is 9.69. The van der Waals surface area contributed by atoms with Crippen LogP contribution in [0.3, 0.4) is 0 Å². The van der Waals surface area contributed by atoms with Gasteiger partial charge in [-0.2, -0.15) is 5.10 Å². The van der Waals surface area contributed by atoms with E-state index in [9.17, 15) is 0 Å². The molecule has 2 N–H and O–H groups in total. The zero-order valence-corrected chi connectivity index (χ0v) is 12.1. The summed E-state index contributed by atoms with van der Waals surface area (Å²) in [6.45, 7) is 2.33. The van der Waals surface area contributed by atoms with Gasteiger partial charge in [0.25, 0.3) is 0 Å². The van der Waals surface area contributed by atoms with E-state index in [0.717, 1.165) is 11.3 Å². The number of nitrogens with zero attached hydrogens (tertiary/aromatic N) is 2. The Balaban J connectivity index is 1.83. The van der Waals surface area contributed by atoms with Gasteiger partial charge in [0.05, 0.1) is 11.9 Å². The smallest absolute Gasteiger partial charge is 0.0645 e. The molecule has 0 spiro atoms. The molecule has 0 saturated heterocycles. The Kier molecular flexibility index (Phi) is 3.62. The quantitative estimate of drug-likeness (QED) is 0.920. The van der Waals surface area contributed by atoms with E-state index in [0.29, 0.717) is 0 Å². The molecule has 1 fully saturated rings. The fourth-order valence-corrected chi connectivity index (χ4v) is 3.29. The van der Waals surface area contributed by atoms with Crippen molar-refractivity contribution in [2.24, 2.45) is 11.1 Å². The maximum Gasteiger partial charge on any atom is 0.0645 e. The van der Waals surface area contributed by atoms with Crippen molar-refractivity contribution in [2.75, 3.05) is 0 Å². The normalized spacial score (nSPS) is 19.7. The summed E-state index contributed by atoms with van der Waals surface area (Å²) in [5.74, 6) is 0. The fraction of sp³-hybridized carbons (Fsp3) is 0.471. The van der Waals surface area contributed by atoms with Crippen molar-refractivity contribution in [2.45, 2.75) is 45.1 Å². The molecular formula is C17H23N3. The third kappa shape index (κ3) is 2.50. The van der Waals surface area contributed by atoms with Gasteiger partial charge in [-0.25, -0.2) is 4.68 Å². The van der Waals surface area contributed by atoms with Crippen LogP contribution >= 0.6 is 0 Å². The number of aromatic nitrogens is 2. The molecule has 1 unspecified atom stereocenters. The molecule has 0 aliphatic heterocycles. The molecule has 1 saturated carbocycles. The van der Waals surface area contributed by atoms with E-state index in [1.807, 2.05) is 29.1 Å². The second-order valence-corrected chi connectivity index (χ2v) is 6.25. The van der Waals surface area contributed by atoms with Crippen LogP contribution < -0.4 is 5.73 Å². The minimum absolute atomic E-state index is 0.0836. The molecule has 1 heterocycles. The Labute approximate surface area is 120 Å². The molecule has 1 atom stereocenters. The molecule has 3 rings (SSSR count).